The number of ether oxygens (including phenoxy) is 1. The van der Waals surface area contributed by atoms with E-state index < -0.39 is 0 Å². The van der Waals surface area contributed by atoms with E-state index in [2.05, 4.69) is 12.8 Å². The van der Waals surface area contributed by atoms with Crippen LogP contribution >= 0.6 is 0 Å². The summed E-state index contributed by atoms with van der Waals surface area (Å²) in [7, 11) is 2.00. The highest BCUT2D eigenvalue weighted by Gasteiger charge is 2.31. The largest absolute Gasteiger partial charge is 0.394 e. The first-order valence-corrected chi connectivity index (χ1v) is 4.31. The standard InChI is InChI=1S/C9H14BO2/c1-3-4-10-9-7(2)5-8(6-11)12-9/h1,7-9,11H,4-6H2,2H3. The molecule has 3 heteroatoms. The third-order valence-corrected chi connectivity index (χ3v) is 2.22. The van der Waals surface area contributed by atoms with Gasteiger partial charge in [0.05, 0.1) is 12.7 Å². The van der Waals surface area contributed by atoms with E-state index in [1.165, 1.54) is 0 Å². The zero-order valence-electron chi connectivity index (χ0n) is 7.36. The lowest BCUT2D eigenvalue weighted by Crippen LogP contribution is -2.22. The molecule has 3 unspecified atom stereocenters. The Balaban J connectivity index is 2.31. The number of rotatable bonds is 3. The molecule has 2 nitrogen and oxygen atoms in total. The van der Waals surface area contributed by atoms with Crippen LogP contribution in [0.5, 0.6) is 0 Å². The second-order valence-electron chi connectivity index (χ2n) is 3.26. The average molecular weight is 165 g/mol. The number of hydrogen-bond acceptors (Lipinski definition) is 2. The van der Waals surface area contributed by atoms with Crippen LogP contribution in [0.3, 0.4) is 0 Å². The van der Waals surface area contributed by atoms with Gasteiger partial charge in [-0.1, -0.05) is 6.92 Å². The summed E-state index contributed by atoms with van der Waals surface area (Å²) < 4.78 is 5.52. The molecule has 1 aliphatic heterocycles. The lowest BCUT2D eigenvalue weighted by atomic mass is 9.64. The minimum absolute atomic E-state index is 0.0130. The summed E-state index contributed by atoms with van der Waals surface area (Å²) in [6.45, 7) is 2.23. The van der Waals surface area contributed by atoms with Crippen LogP contribution in [0.15, 0.2) is 0 Å². The second-order valence-corrected chi connectivity index (χ2v) is 3.26. The molecule has 0 aromatic heterocycles. The Bertz CT molecular complexity index is 176. The Kier molecular flexibility index (Phi) is 3.64. The highest BCUT2D eigenvalue weighted by molar-refractivity contribution is 6.38. The van der Waals surface area contributed by atoms with Crippen LogP contribution in [-0.2, 0) is 4.74 Å². The Morgan fingerprint density at radius 3 is 3.00 bits per heavy atom. The molecule has 0 saturated carbocycles. The minimum Gasteiger partial charge on any atom is -0.394 e. The van der Waals surface area contributed by atoms with Crippen molar-refractivity contribution in [3.63, 3.8) is 0 Å². The highest BCUT2D eigenvalue weighted by Crippen LogP contribution is 2.25. The summed E-state index contributed by atoms with van der Waals surface area (Å²) >= 11 is 0. The number of terminal acetylenes is 1. The molecule has 0 aromatic rings. The molecule has 12 heavy (non-hydrogen) atoms. The molecule has 1 aliphatic rings. The van der Waals surface area contributed by atoms with Crippen molar-refractivity contribution in [1.29, 1.82) is 0 Å². The smallest absolute Gasteiger partial charge is 0.165 e. The van der Waals surface area contributed by atoms with Crippen LogP contribution in [0.25, 0.3) is 0 Å². The Morgan fingerprint density at radius 1 is 1.75 bits per heavy atom. The third kappa shape index (κ3) is 2.26. The van der Waals surface area contributed by atoms with E-state index in [1.807, 2.05) is 7.28 Å². The molecule has 65 valence electrons. The molecule has 0 spiro atoms. The zero-order chi connectivity index (χ0) is 8.97. The summed E-state index contributed by atoms with van der Waals surface area (Å²) in [5, 5.41) is 8.85. The van der Waals surface area contributed by atoms with Gasteiger partial charge in [0.15, 0.2) is 7.28 Å². The molecule has 1 rings (SSSR count). The van der Waals surface area contributed by atoms with Gasteiger partial charge < -0.3 is 9.84 Å². The Hall–Kier alpha value is -0.455. The molecule has 1 radical (unpaired) electrons. The SMILES string of the molecule is C#CC[B]C1OC(CO)CC1C. The van der Waals surface area contributed by atoms with Gasteiger partial charge in [0.25, 0.3) is 0 Å². The van der Waals surface area contributed by atoms with Gasteiger partial charge in [-0.3, -0.25) is 0 Å². The molecule has 0 amide bonds. The molecule has 1 fully saturated rings. The van der Waals surface area contributed by atoms with Gasteiger partial charge in [0.1, 0.15) is 0 Å². The average Bonchev–Trinajstić information content (AvgIpc) is 2.43. The molecule has 0 bridgehead atoms. The summed E-state index contributed by atoms with van der Waals surface area (Å²) in [6, 6.07) is 0.137. The van der Waals surface area contributed by atoms with Crippen molar-refractivity contribution in [1.82, 2.24) is 0 Å². The topological polar surface area (TPSA) is 29.5 Å². The summed E-state index contributed by atoms with van der Waals surface area (Å²) in [5.74, 6) is 3.03. The first-order valence-electron chi connectivity index (χ1n) is 4.31. The molecule has 1 heterocycles. The van der Waals surface area contributed by atoms with Crippen LogP contribution in [-0.4, -0.2) is 31.1 Å². The molecular formula is C9H14BO2. The van der Waals surface area contributed by atoms with E-state index >= 15 is 0 Å². The van der Waals surface area contributed by atoms with Gasteiger partial charge in [0, 0.05) is 6.00 Å². The van der Waals surface area contributed by atoms with Crippen LogP contribution in [0.1, 0.15) is 13.3 Å². The van der Waals surface area contributed by atoms with Crippen molar-refractivity contribution in [2.24, 2.45) is 5.92 Å². The van der Waals surface area contributed by atoms with Crippen molar-refractivity contribution in [2.45, 2.75) is 31.8 Å². The van der Waals surface area contributed by atoms with Gasteiger partial charge in [-0.2, -0.15) is 0 Å². The van der Waals surface area contributed by atoms with E-state index in [1.54, 1.807) is 0 Å². The van der Waals surface area contributed by atoms with Gasteiger partial charge in [-0.15, -0.1) is 12.3 Å². The maximum Gasteiger partial charge on any atom is 0.165 e. The van der Waals surface area contributed by atoms with Crippen molar-refractivity contribution in [3.05, 3.63) is 0 Å². The molecule has 3 atom stereocenters. The Labute approximate surface area is 74.5 Å². The van der Waals surface area contributed by atoms with E-state index in [0.29, 0.717) is 12.2 Å². The van der Waals surface area contributed by atoms with Crippen molar-refractivity contribution in [3.8, 4) is 12.3 Å². The van der Waals surface area contributed by atoms with Crippen molar-refractivity contribution < 1.29 is 9.84 Å². The summed E-state index contributed by atoms with van der Waals surface area (Å²) in [6.07, 6.45) is 6.72. The first-order chi connectivity index (χ1) is 5.77. The normalized spacial score (nSPS) is 34.6. The fraction of sp³-hybridized carbons (Fsp3) is 0.778. The number of aliphatic hydroxyl groups excluding tert-OH is 1. The van der Waals surface area contributed by atoms with Crippen LogP contribution in [0.4, 0.5) is 0 Å². The van der Waals surface area contributed by atoms with E-state index in [0.717, 1.165) is 6.42 Å². The van der Waals surface area contributed by atoms with Crippen molar-refractivity contribution >= 4 is 7.28 Å². The quantitative estimate of drug-likeness (QED) is 0.487. The molecule has 0 aliphatic carbocycles. The predicted octanol–water partition coefficient (Wildman–Crippen LogP) is 0.486. The fourth-order valence-corrected chi connectivity index (χ4v) is 1.55. The van der Waals surface area contributed by atoms with Gasteiger partial charge >= 0.3 is 0 Å². The van der Waals surface area contributed by atoms with Crippen LogP contribution in [0, 0.1) is 18.3 Å². The first kappa shape index (κ1) is 9.63. The summed E-state index contributed by atoms with van der Waals surface area (Å²) in [4.78, 5) is 0. The minimum atomic E-state index is 0.0130. The third-order valence-electron chi connectivity index (χ3n) is 2.22. The monoisotopic (exact) mass is 165 g/mol. The summed E-state index contributed by atoms with van der Waals surface area (Å²) in [5.41, 5.74) is 0. The second kappa shape index (κ2) is 4.54. The maximum atomic E-state index is 8.85. The molecule has 1 N–H and O–H groups in total. The lowest BCUT2D eigenvalue weighted by Gasteiger charge is -2.12. The predicted molar refractivity (Wildman–Crippen MR) is 48.9 cm³/mol. The molecule has 0 aromatic carbocycles. The molecule has 1 saturated heterocycles. The Morgan fingerprint density at radius 2 is 2.50 bits per heavy atom. The van der Waals surface area contributed by atoms with Gasteiger partial charge in [-0.25, -0.2) is 0 Å². The van der Waals surface area contributed by atoms with E-state index in [9.17, 15) is 0 Å². The van der Waals surface area contributed by atoms with Gasteiger partial charge in [-0.05, 0) is 18.7 Å². The lowest BCUT2D eigenvalue weighted by molar-refractivity contribution is 0.0391. The maximum absolute atomic E-state index is 8.85. The molecular weight excluding hydrogens is 151 g/mol. The van der Waals surface area contributed by atoms with E-state index in [4.69, 9.17) is 16.3 Å². The van der Waals surface area contributed by atoms with Crippen molar-refractivity contribution in [2.75, 3.05) is 6.61 Å². The number of aliphatic hydroxyl groups is 1. The van der Waals surface area contributed by atoms with E-state index in [-0.39, 0.29) is 18.7 Å². The highest BCUT2D eigenvalue weighted by atomic mass is 16.5. The number of hydrogen-bond donors (Lipinski definition) is 1. The van der Waals surface area contributed by atoms with Crippen LogP contribution < -0.4 is 0 Å². The zero-order valence-corrected chi connectivity index (χ0v) is 7.36. The van der Waals surface area contributed by atoms with Crippen LogP contribution in [0.2, 0.25) is 6.32 Å². The fourth-order valence-electron chi connectivity index (χ4n) is 1.55. The van der Waals surface area contributed by atoms with Gasteiger partial charge in [0.2, 0.25) is 0 Å².